The Morgan fingerprint density at radius 1 is 1.05 bits per heavy atom. The fraction of sp³-hybridized carbons (Fsp3) is 0.643. The Balaban J connectivity index is 2.18. The molecule has 1 aliphatic heterocycles. The summed E-state index contributed by atoms with van der Waals surface area (Å²) < 4.78 is 30.2. The Morgan fingerprint density at radius 3 is 2.24 bits per heavy atom. The van der Waals surface area contributed by atoms with Crippen molar-refractivity contribution in [2.75, 3.05) is 32.4 Å². The van der Waals surface area contributed by atoms with Gasteiger partial charge in [-0.05, 0) is 27.2 Å². The van der Waals surface area contributed by atoms with E-state index in [1.165, 1.54) is 10.6 Å². The first-order valence-corrected chi connectivity index (χ1v) is 8.87. The molecule has 0 spiro atoms. The fourth-order valence-corrected chi connectivity index (χ4v) is 3.57. The van der Waals surface area contributed by atoms with Crippen molar-refractivity contribution < 1.29 is 17.6 Å². The number of nitrogens with zero attached hydrogens (tertiary/aromatic N) is 2. The monoisotopic (exact) mass is 314 g/mol. The molecule has 0 atom stereocenters. The van der Waals surface area contributed by atoms with E-state index in [1.807, 2.05) is 13.8 Å². The molecule has 0 aromatic carbocycles. The van der Waals surface area contributed by atoms with Crippen LogP contribution in [0.15, 0.2) is 4.42 Å². The molecule has 118 valence electrons. The van der Waals surface area contributed by atoms with Crippen molar-refractivity contribution in [2.45, 2.75) is 27.2 Å². The van der Waals surface area contributed by atoms with Gasteiger partial charge in [-0.15, -0.1) is 0 Å². The summed E-state index contributed by atoms with van der Waals surface area (Å²) in [6.45, 7) is 7.29. The van der Waals surface area contributed by atoms with Gasteiger partial charge in [0.25, 0.3) is 5.91 Å². The molecule has 0 N–H and O–H groups in total. The molecule has 1 fully saturated rings. The number of hydrogen-bond acceptors (Lipinski definition) is 4. The van der Waals surface area contributed by atoms with Gasteiger partial charge in [0.1, 0.15) is 11.5 Å². The smallest absolute Gasteiger partial charge is 0.257 e. The molecule has 6 nitrogen and oxygen atoms in total. The van der Waals surface area contributed by atoms with E-state index < -0.39 is 10.0 Å². The molecule has 1 aliphatic rings. The number of carbonyl (C=O) groups excluding carboxylic acids is 1. The summed E-state index contributed by atoms with van der Waals surface area (Å²) in [5.74, 6) is 1.31. The zero-order chi connectivity index (χ0) is 15.8. The maximum Gasteiger partial charge on any atom is 0.257 e. The number of furan rings is 1. The lowest BCUT2D eigenvalue weighted by atomic mass is 10.1. The Labute approximate surface area is 125 Å². The summed E-state index contributed by atoms with van der Waals surface area (Å²) >= 11 is 0. The summed E-state index contributed by atoms with van der Waals surface area (Å²) in [6, 6.07) is 0. The van der Waals surface area contributed by atoms with E-state index in [0.717, 1.165) is 11.3 Å². The average molecular weight is 314 g/mol. The second-order valence-electron chi connectivity index (χ2n) is 5.52. The third kappa shape index (κ3) is 3.29. The summed E-state index contributed by atoms with van der Waals surface area (Å²) in [4.78, 5) is 14.4. The van der Waals surface area contributed by atoms with E-state index >= 15 is 0 Å². The maximum absolute atomic E-state index is 12.7. The predicted octanol–water partition coefficient (Wildman–Crippen LogP) is 1.31. The van der Waals surface area contributed by atoms with Crippen LogP contribution in [0.1, 0.15) is 33.9 Å². The van der Waals surface area contributed by atoms with Crippen LogP contribution in [0.3, 0.4) is 0 Å². The van der Waals surface area contributed by atoms with Crippen molar-refractivity contribution >= 4 is 15.9 Å². The van der Waals surface area contributed by atoms with E-state index in [2.05, 4.69) is 0 Å². The molecule has 2 rings (SSSR count). The van der Waals surface area contributed by atoms with Gasteiger partial charge in [0.15, 0.2) is 0 Å². The van der Waals surface area contributed by atoms with Crippen LogP contribution in [-0.4, -0.2) is 56.0 Å². The van der Waals surface area contributed by atoms with Crippen molar-refractivity contribution in [3.05, 3.63) is 22.6 Å². The minimum absolute atomic E-state index is 0.0720. The third-order valence-corrected chi connectivity index (χ3v) is 5.29. The zero-order valence-corrected chi connectivity index (χ0v) is 13.8. The number of aryl methyl sites for hydroxylation is 2. The number of sulfonamides is 1. The van der Waals surface area contributed by atoms with Crippen LogP contribution in [-0.2, 0) is 10.0 Å². The Morgan fingerprint density at radius 2 is 1.71 bits per heavy atom. The fourth-order valence-electron chi connectivity index (χ4n) is 2.69. The van der Waals surface area contributed by atoms with Crippen LogP contribution in [0.4, 0.5) is 0 Å². The van der Waals surface area contributed by atoms with E-state index in [4.69, 9.17) is 4.42 Å². The molecular weight excluding hydrogens is 292 g/mol. The van der Waals surface area contributed by atoms with Crippen molar-refractivity contribution in [1.82, 2.24) is 9.21 Å². The highest BCUT2D eigenvalue weighted by atomic mass is 32.2. The number of hydrogen-bond donors (Lipinski definition) is 0. The van der Waals surface area contributed by atoms with Gasteiger partial charge in [-0.25, -0.2) is 12.7 Å². The average Bonchev–Trinajstić information content (AvgIpc) is 2.59. The Bertz CT molecular complexity index is 648. The summed E-state index contributed by atoms with van der Waals surface area (Å²) in [5.41, 5.74) is 1.47. The lowest BCUT2D eigenvalue weighted by molar-refractivity contribution is 0.0762. The normalized spacial score (nSPS) is 17.8. The first-order chi connectivity index (χ1) is 9.71. The van der Waals surface area contributed by atoms with Gasteiger partial charge in [0, 0.05) is 31.7 Å². The number of amides is 1. The molecule has 21 heavy (non-hydrogen) atoms. The topological polar surface area (TPSA) is 70.8 Å². The highest BCUT2D eigenvalue weighted by molar-refractivity contribution is 7.88. The van der Waals surface area contributed by atoms with Crippen molar-refractivity contribution in [3.8, 4) is 0 Å². The van der Waals surface area contributed by atoms with Crippen LogP contribution in [0.5, 0.6) is 0 Å². The predicted molar refractivity (Wildman–Crippen MR) is 79.9 cm³/mol. The molecule has 0 unspecified atom stereocenters. The SMILES string of the molecule is Cc1oc(C)c(C(=O)N2CCCN(S(C)(=O)=O)CC2)c1C. The second kappa shape index (κ2) is 5.81. The van der Waals surface area contributed by atoms with Crippen LogP contribution in [0.25, 0.3) is 0 Å². The largest absolute Gasteiger partial charge is 0.466 e. The first kappa shape index (κ1) is 16.0. The Kier molecular flexibility index (Phi) is 4.43. The van der Waals surface area contributed by atoms with Gasteiger partial charge in [-0.3, -0.25) is 4.79 Å². The molecule has 0 bridgehead atoms. The molecule has 1 saturated heterocycles. The van der Waals surface area contributed by atoms with Crippen molar-refractivity contribution in [2.24, 2.45) is 0 Å². The van der Waals surface area contributed by atoms with E-state index in [0.29, 0.717) is 43.9 Å². The second-order valence-corrected chi connectivity index (χ2v) is 7.50. The Hall–Kier alpha value is -1.34. The summed E-state index contributed by atoms with van der Waals surface area (Å²) in [6.07, 6.45) is 1.85. The van der Waals surface area contributed by atoms with Gasteiger partial charge in [-0.2, -0.15) is 0 Å². The first-order valence-electron chi connectivity index (χ1n) is 7.03. The van der Waals surface area contributed by atoms with Gasteiger partial charge >= 0.3 is 0 Å². The van der Waals surface area contributed by atoms with Crippen molar-refractivity contribution in [1.29, 1.82) is 0 Å². The standard InChI is InChI=1S/C14H22N2O4S/c1-10-11(2)20-12(3)13(10)14(17)15-6-5-7-16(9-8-15)21(4,18)19/h5-9H2,1-4H3. The molecule has 1 aromatic heterocycles. The van der Waals surface area contributed by atoms with Crippen LogP contribution < -0.4 is 0 Å². The summed E-state index contributed by atoms with van der Waals surface area (Å²) in [5, 5.41) is 0. The highest BCUT2D eigenvalue weighted by Crippen LogP contribution is 2.23. The van der Waals surface area contributed by atoms with Crippen LogP contribution >= 0.6 is 0 Å². The van der Waals surface area contributed by atoms with Gasteiger partial charge in [0.2, 0.25) is 10.0 Å². The molecule has 0 aliphatic carbocycles. The third-order valence-electron chi connectivity index (χ3n) is 3.99. The van der Waals surface area contributed by atoms with E-state index in [-0.39, 0.29) is 5.91 Å². The summed E-state index contributed by atoms with van der Waals surface area (Å²) in [7, 11) is -3.20. The van der Waals surface area contributed by atoms with Crippen LogP contribution in [0, 0.1) is 20.8 Å². The van der Waals surface area contributed by atoms with Crippen molar-refractivity contribution in [3.63, 3.8) is 0 Å². The minimum atomic E-state index is -3.20. The number of carbonyl (C=O) groups is 1. The highest BCUT2D eigenvalue weighted by Gasteiger charge is 2.27. The molecule has 0 saturated carbocycles. The van der Waals surface area contributed by atoms with Gasteiger partial charge in [-0.1, -0.05) is 0 Å². The molecule has 7 heteroatoms. The molecule has 2 heterocycles. The molecular formula is C14H22N2O4S. The number of rotatable bonds is 2. The zero-order valence-electron chi connectivity index (χ0n) is 13.0. The molecule has 1 amide bonds. The molecule has 0 radical (unpaired) electrons. The quantitative estimate of drug-likeness (QED) is 0.825. The van der Waals surface area contributed by atoms with Crippen LogP contribution in [0.2, 0.25) is 0 Å². The maximum atomic E-state index is 12.7. The molecule has 1 aromatic rings. The lowest BCUT2D eigenvalue weighted by Crippen LogP contribution is -2.37. The van der Waals surface area contributed by atoms with Gasteiger partial charge in [0.05, 0.1) is 11.8 Å². The van der Waals surface area contributed by atoms with E-state index in [9.17, 15) is 13.2 Å². The minimum Gasteiger partial charge on any atom is -0.466 e. The van der Waals surface area contributed by atoms with Gasteiger partial charge < -0.3 is 9.32 Å². The lowest BCUT2D eigenvalue weighted by Gasteiger charge is -2.21. The van der Waals surface area contributed by atoms with E-state index in [1.54, 1.807) is 11.8 Å².